The fourth-order valence-electron chi connectivity index (χ4n) is 1.84. The van der Waals surface area contributed by atoms with Crippen molar-refractivity contribution in [3.05, 3.63) is 29.8 Å². The van der Waals surface area contributed by atoms with Gasteiger partial charge in [-0.3, -0.25) is 4.90 Å². The largest absolute Gasteiger partial charge is 0.478 e. The van der Waals surface area contributed by atoms with Crippen molar-refractivity contribution in [1.29, 1.82) is 0 Å². The summed E-state index contributed by atoms with van der Waals surface area (Å²) in [6.07, 6.45) is 0.423. The Morgan fingerprint density at radius 2 is 2.12 bits per heavy atom. The minimum absolute atomic E-state index is 0.0261. The Morgan fingerprint density at radius 1 is 1.47 bits per heavy atom. The Labute approximate surface area is 98.6 Å². The van der Waals surface area contributed by atoms with Crippen LogP contribution in [-0.2, 0) is 4.74 Å². The molecule has 0 unspecified atom stereocenters. The third-order valence-electron chi connectivity index (χ3n) is 2.82. The molecular formula is C12H13NO4. The molecule has 1 amide bonds. The molecule has 1 heterocycles. The van der Waals surface area contributed by atoms with Gasteiger partial charge in [-0.15, -0.1) is 0 Å². The molecule has 0 aliphatic carbocycles. The zero-order valence-electron chi connectivity index (χ0n) is 9.42. The summed E-state index contributed by atoms with van der Waals surface area (Å²) in [4.78, 5) is 23.8. The topological polar surface area (TPSA) is 66.8 Å². The highest BCUT2D eigenvalue weighted by molar-refractivity contribution is 5.92. The number of benzene rings is 1. The fourth-order valence-corrected chi connectivity index (χ4v) is 1.84. The van der Waals surface area contributed by atoms with Crippen LogP contribution in [0.25, 0.3) is 0 Å². The van der Waals surface area contributed by atoms with Crippen LogP contribution in [0.3, 0.4) is 0 Å². The SMILES string of the molecule is CC[C@@H]1COC(=O)N1c1ccc(C(=O)O)cc1. The third kappa shape index (κ3) is 2.08. The number of hydrogen-bond acceptors (Lipinski definition) is 3. The van der Waals surface area contributed by atoms with Gasteiger partial charge in [0.05, 0.1) is 11.6 Å². The smallest absolute Gasteiger partial charge is 0.414 e. The molecule has 1 aliphatic heterocycles. The van der Waals surface area contributed by atoms with E-state index in [1.54, 1.807) is 17.0 Å². The number of anilines is 1. The van der Waals surface area contributed by atoms with Crippen molar-refractivity contribution in [2.75, 3.05) is 11.5 Å². The molecule has 1 aromatic carbocycles. The van der Waals surface area contributed by atoms with E-state index in [0.29, 0.717) is 12.3 Å². The zero-order chi connectivity index (χ0) is 12.4. The van der Waals surface area contributed by atoms with Crippen molar-refractivity contribution in [2.24, 2.45) is 0 Å². The first-order chi connectivity index (χ1) is 8.13. The number of ether oxygens (including phenoxy) is 1. The summed E-state index contributed by atoms with van der Waals surface area (Å²) in [5.41, 5.74) is 0.874. The lowest BCUT2D eigenvalue weighted by Gasteiger charge is -2.20. The summed E-state index contributed by atoms with van der Waals surface area (Å²) < 4.78 is 4.97. The Morgan fingerprint density at radius 3 is 2.65 bits per heavy atom. The van der Waals surface area contributed by atoms with Gasteiger partial charge in [0.2, 0.25) is 0 Å². The normalized spacial score (nSPS) is 19.2. The number of rotatable bonds is 3. The standard InChI is InChI=1S/C12H13NO4/c1-2-9-7-17-12(16)13(9)10-5-3-8(4-6-10)11(14)15/h3-6,9H,2,7H2,1H3,(H,14,15)/t9-/m1/s1. The summed E-state index contributed by atoms with van der Waals surface area (Å²) in [5, 5.41) is 8.79. The van der Waals surface area contributed by atoms with Gasteiger partial charge in [-0.25, -0.2) is 9.59 Å². The number of aromatic carboxylic acids is 1. The van der Waals surface area contributed by atoms with E-state index in [1.807, 2.05) is 6.92 Å². The molecule has 0 aromatic heterocycles. The van der Waals surface area contributed by atoms with Crippen molar-refractivity contribution < 1.29 is 19.4 Å². The molecule has 0 spiro atoms. The van der Waals surface area contributed by atoms with Gasteiger partial charge in [0.15, 0.2) is 0 Å². The molecular weight excluding hydrogens is 222 g/mol. The predicted octanol–water partition coefficient (Wildman–Crippen LogP) is 2.12. The number of nitrogens with zero attached hydrogens (tertiary/aromatic N) is 1. The second-order valence-electron chi connectivity index (χ2n) is 3.86. The first-order valence-electron chi connectivity index (χ1n) is 5.43. The highest BCUT2D eigenvalue weighted by Crippen LogP contribution is 2.24. The Balaban J connectivity index is 2.27. The summed E-state index contributed by atoms with van der Waals surface area (Å²) >= 11 is 0. The van der Waals surface area contributed by atoms with Crippen molar-refractivity contribution in [2.45, 2.75) is 19.4 Å². The molecule has 1 saturated heterocycles. The molecule has 1 aromatic rings. The first kappa shape index (κ1) is 11.4. The van der Waals surface area contributed by atoms with E-state index in [-0.39, 0.29) is 17.7 Å². The molecule has 90 valence electrons. The predicted molar refractivity (Wildman–Crippen MR) is 61.3 cm³/mol. The van der Waals surface area contributed by atoms with E-state index < -0.39 is 5.97 Å². The van der Waals surface area contributed by atoms with Gasteiger partial charge >= 0.3 is 12.1 Å². The number of carboxylic acids is 1. The van der Waals surface area contributed by atoms with Gasteiger partial charge < -0.3 is 9.84 Å². The van der Waals surface area contributed by atoms with Crippen LogP contribution < -0.4 is 4.90 Å². The van der Waals surface area contributed by atoms with Gasteiger partial charge in [0.1, 0.15) is 6.61 Å². The van der Waals surface area contributed by atoms with Crippen LogP contribution in [-0.4, -0.2) is 29.8 Å². The maximum atomic E-state index is 11.6. The number of carboxylic acid groups (broad SMARTS) is 1. The second-order valence-corrected chi connectivity index (χ2v) is 3.86. The van der Waals surface area contributed by atoms with Crippen LogP contribution in [0.5, 0.6) is 0 Å². The molecule has 1 aliphatic rings. The van der Waals surface area contributed by atoms with Gasteiger partial charge in [0.25, 0.3) is 0 Å². The van der Waals surface area contributed by atoms with Crippen molar-refractivity contribution >= 4 is 17.7 Å². The lowest BCUT2D eigenvalue weighted by molar-refractivity contribution is 0.0697. The van der Waals surface area contributed by atoms with E-state index >= 15 is 0 Å². The molecule has 2 rings (SSSR count). The Kier molecular flexibility index (Phi) is 2.99. The quantitative estimate of drug-likeness (QED) is 0.871. The minimum Gasteiger partial charge on any atom is -0.478 e. The number of cyclic esters (lactones) is 1. The van der Waals surface area contributed by atoms with Crippen molar-refractivity contribution in [1.82, 2.24) is 0 Å². The molecule has 1 atom stereocenters. The summed E-state index contributed by atoms with van der Waals surface area (Å²) in [6.45, 7) is 2.36. The fraction of sp³-hybridized carbons (Fsp3) is 0.333. The highest BCUT2D eigenvalue weighted by Gasteiger charge is 2.32. The number of carbonyl (C=O) groups is 2. The van der Waals surface area contributed by atoms with E-state index in [0.717, 1.165) is 6.42 Å². The molecule has 0 saturated carbocycles. The van der Waals surface area contributed by atoms with Crippen LogP contribution in [0.4, 0.5) is 10.5 Å². The molecule has 5 heteroatoms. The van der Waals surface area contributed by atoms with Crippen molar-refractivity contribution in [3.8, 4) is 0 Å². The summed E-state index contributed by atoms with van der Waals surface area (Å²) in [6, 6.07) is 6.24. The van der Waals surface area contributed by atoms with Crippen molar-refractivity contribution in [3.63, 3.8) is 0 Å². The van der Waals surface area contributed by atoms with E-state index in [9.17, 15) is 9.59 Å². The molecule has 1 fully saturated rings. The van der Waals surface area contributed by atoms with E-state index in [1.165, 1.54) is 12.1 Å². The first-order valence-corrected chi connectivity index (χ1v) is 5.43. The molecule has 0 bridgehead atoms. The van der Waals surface area contributed by atoms with E-state index in [4.69, 9.17) is 9.84 Å². The van der Waals surface area contributed by atoms with Gasteiger partial charge in [-0.05, 0) is 30.7 Å². The van der Waals surface area contributed by atoms with Crippen LogP contribution in [0.2, 0.25) is 0 Å². The maximum absolute atomic E-state index is 11.6. The highest BCUT2D eigenvalue weighted by atomic mass is 16.6. The van der Waals surface area contributed by atoms with E-state index in [2.05, 4.69) is 0 Å². The lowest BCUT2D eigenvalue weighted by atomic mass is 10.1. The van der Waals surface area contributed by atoms with Crippen LogP contribution in [0, 0.1) is 0 Å². The number of hydrogen-bond donors (Lipinski definition) is 1. The Hall–Kier alpha value is -2.04. The Bertz CT molecular complexity index is 440. The van der Waals surface area contributed by atoms with Gasteiger partial charge in [-0.1, -0.05) is 6.92 Å². The summed E-state index contributed by atoms with van der Waals surface area (Å²) in [7, 11) is 0. The van der Waals surface area contributed by atoms with Gasteiger partial charge in [-0.2, -0.15) is 0 Å². The zero-order valence-corrected chi connectivity index (χ0v) is 9.42. The molecule has 5 nitrogen and oxygen atoms in total. The maximum Gasteiger partial charge on any atom is 0.414 e. The minimum atomic E-state index is -0.979. The van der Waals surface area contributed by atoms with Crippen LogP contribution >= 0.6 is 0 Å². The monoisotopic (exact) mass is 235 g/mol. The molecule has 17 heavy (non-hydrogen) atoms. The average molecular weight is 235 g/mol. The summed E-state index contributed by atoms with van der Waals surface area (Å²) in [5.74, 6) is -0.979. The van der Waals surface area contributed by atoms with Crippen LogP contribution in [0.1, 0.15) is 23.7 Å². The molecule has 1 N–H and O–H groups in total. The number of carbonyl (C=O) groups excluding carboxylic acids is 1. The third-order valence-corrected chi connectivity index (χ3v) is 2.82. The van der Waals surface area contributed by atoms with Gasteiger partial charge in [0, 0.05) is 5.69 Å². The number of amides is 1. The molecule has 0 radical (unpaired) electrons. The average Bonchev–Trinajstić information content (AvgIpc) is 2.70. The lowest BCUT2D eigenvalue weighted by Crippen LogP contribution is -2.32. The van der Waals surface area contributed by atoms with Crippen LogP contribution in [0.15, 0.2) is 24.3 Å². The second kappa shape index (κ2) is 4.45.